The molecular formula is C51H30N4. The molecule has 0 amide bonds. The highest BCUT2D eigenvalue weighted by molar-refractivity contribution is 6.09. The Bertz CT molecular complexity index is 2930. The molecular weight excluding hydrogens is 669 g/mol. The van der Waals surface area contributed by atoms with E-state index in [2.05, 4.69) is 121 Å². The van der Waals surface area contributed by atoms with Crippen molar-refractivity contribution in [2.75, 3.05) is 0 Å². The second-order valence-corrected chi connectivity index (χ2v) is 14.2. The van der Waals surface area contributed by atoms with Crippen LogP contribution in [0.1, 0.15) is 27.8 Å². The van der Waals surface area contributed by atoms with Gasteiger partial charge in [0.05, 0.1) is 17.0 Å². The number of hydrogen-bond donors (Lipinski definition) is 0. The fourth-order valence-corrected chi connectivity index (χ4v) is 9.06. The topological polar surface area (TPSA) is 62.5 Å². The van der Waals surface area contributed by atoms with E-state index in [-0.39, 0.29) is 0 Å². The molecule has 1 aromatic heterocycles. The van der Waals surface area contributed by atoms with E-state index in [0.29, 0.717) is 23.0 Å². The second-order valence-electron chi connectivity index (χ2n) is 14.2. The standard InChI is InChI=1S/C51H30N4/c52-31-32-23-24-37-30-41(33-25-27-36(28-26-33)50-54-48(34-13-3-1-4-14-34)53-49(55-50)35-15-5-2-6-16-35)46-40-19-9-12-22-45(40)51(47(46)42(37)29-32)43-20-10-7-17-38(43)39-18-8-11-21-44(39)51/h1-30H. The van der Waals surface area contributed by atoms with Crippen molar-refractivity contribution >= 4 is 10.8 Å². The van der Waals surface area contributed by atoms with Gasteiger partial charge in [-0.1, -0.05) is 164 Å². The van der Waals surface area contributed by atoms with Crippen LogP contribution < -0.4 is 0 Å². The Morgan fingerprint density at radius 2 is 0.855 bits per heavy atom. The minimum Gasteiger partial charge on any atom is -0.208 e. The van der Waals surface area contributed by atoms with Gasteiger partial charge in [-0.2, -0.15) is 5.26 Å². The lowest BCUT2D eigenvalue weighted by atomic mass is 9.69. The lowest BCUT2D eigenvalue weighted by Gasteiger charge is -2.31. The van der Waals surface area contributed by atoms with Gasteiger partial charge < -0.3 is 0 Å². The smallest absolute Gasteiger partial charge is 0.164 e. The van der Waals surface area contributed by atoms with Gasteiger partial charge in [-0.25, -0.2) is 15.0 Å². The van der Waals surface area contributed by atoms with E-state index in [1.807, 2.05) is 66.7 Å². The molecule has 1 heterocycles. The van der Waals surface area contributed by atoms with Gasteiger partial charge in [0.1, 0.15) is 0 Å². The third-order valence-electron chi connectivity index (χ3n) is 11.4. The summed E-state index contributed by atoms with van der Waals surface area (Å²) in [5, 5.41) is 12.3. The molecule has 0 radical (unpaired) electrons. The predicted octanol–water partition coefficient (Wildman–Crippen LogP) is 11.9. The van der Waals surface area contributed by atoms with E-state index in [9.17, 15) is 5.26 Å². The molecule has 8 aromatic carbocycles. The van der Waals surface area contributed by atoms with Crippen LogP contribution in [-0.4, -0.2) is 15.0 Å². The van der Waals surface area contributed by atoms with Gasteiger partial charge >= 0.3 is 0 Å². The van der Waals surface area contributed by atoms with Crippen LogP contribution in [0.5, 0.6) is 0 Å². The number of benzene rings is 8. The quantitative estimate of drug-likeness (QED) is 0.184. The first kappa shape index (κ1) is 31.1. The number of fused-ring (bicyclic) bond motifs is 12. The van der Waals surface area contributed by atoms with Crippen molar-refractivity contribution in [2.45, 2.75) is 5.41 Å². The molecule has 4 nitrogen and oxygen atoms in total. The zero-order valence-electron chi connectivity index (χ0n) is 29.6. The van der Waals surface area contributed by atoms with Gasteiger partial charge in [0.25, 0.3) is 0 Å². The van der Waals surface area contributed by atoms with Crippen molar-refractivity contribution in [1.82, 2.24) is 15.0 Å². The van der Waals surface area contributed by atoms with E-state index in [0.717, 1.165) is 38.6 Å². The third kappa shape index (κ3) is 4.54. The Labute approximate surface area is 318 Å². The molecule has 2 aliphatic carbocycles. The van der Waals surface area contributed by atoms with Crippen LogP contribution in [0.2, 0.25) is 0 Å². The Kier molecular flexibility index (Phi) is 6.80. The van der Waals surface area contributed by atoms with Gasteiger partial charge in [0, 0.05) is 16.7 Å². The number of nitrogens with zero attached hydrogens (tertiary/aromatic N) is 4. The van der Waals surface area contributed by atoms with Crippen LogP contribution in [0.25, 0.3) is 78.3 Å². The molecule has 0 bridgehead atoms. The van der Waals surface area contributed by atoms with E-state index >= 15 is 0 Å². The van der Waals surface area contributed by atoms with E-state index in [1.54, 1.807) is 0 Å². The zero-order valence-corrected chi connectivity index (χ0v) is 29.6. The highest BCUT2D eigenvalue weighted by Gasteiger charge is 2.53. The van der Waals surface area contributed by atoms with Gasteiger partial charge in [-0.3, -0.25) is 0 Å². The Morgan fingerprint density at radius 1 is 0.400 bits per heavy atom. The minimum absolute atomic E-state index is 0.548. The first-order valence-corrected chi connectivity index (χ1v) is 18.5. The van der Waals surface area contributed by atoms with Crippen LogP contribution in [0.3, 0.4) is 0 Å². The van der Waals surface area contributed by atoms with Gasteiger partial charge in [0.15, 0.2) is 17.5 Å². The molecule has 9 aromatic rings. The molecule has 0 unspecified atom stereocenters. The Morgan fingerprint density at radius 3 is 1.40 bits per heavy atom. The average Bonchev–Trinajstić information content (AvgIpc) is 3.74. The summed E-state index contributed by atoms with van der Waals surface area (Å²) in [7, 11) is 0. The van der Waals surface area contributed by atoms with Crippen molar-refractivity contribution in [3.63, 3.8) is 0 Å². The van der Waals surface area contributed by atoms with Crippen LogP contribution in [0.4, 0.5) is 0 Å². The van der Waals surface area contributed by atoms with Crippen molar-refractivity contribution in [1.29, 1.82) is 5.26 Å². The highest BCUT2D eigenvalue weighted by Crippen LogP contribution is 2.65. The fraction of sp³-hybridized carbons (Fsp3) is 0.0196. The molecule has 0 N–H and O–H groups in total. The van der Waals surface area contributed by atoms with E-state index < -0.39 is 5.41 Å². The summed E-state index contributed by atoms with van der Waals surface area (Å²) in [6, 6.07) is 66.2. The summed E-state index contributed by atoms with van der Waals surface area (Å²) < 4.78 is 0. The predicted molar refractivity (Wildman–Crippen MR) is 220 cm³/mol. The molecule has 0 aliphatic heterocycles. The summed E-state index contributed by atoms with van der Waals surface area (Å²) in [5.74, 6) is 1.89. The molecule has 55 heavy (non-hydrogen) atoms. The molecule has 11 rings (SSSR count). The van der Waals surface area contributed by atoms with Crippen molar-refractivity contribution in [3.8, 4) is 73.6 Å². The first-order valence-electron chi connectivity index (χ1n) is 18.5. The maximum Gasteiger partial charge on any atom is 0.164 e. The summed E-state index contributed by atoms with van der Waals surface area (Å²) in [4.78, 5) is 14.9. The molecule has 1 spiro atoms. The van der Waals surface area contributed by atoms with Gasteiger partial charge in [-0.05, 0) is 84.6 Å². The Balaban J connectivity index is 1.15. The SMILES string of the molecule is N#Cc1ccc2cc(-c3ccc(-c4nc(-c5ccccc5)nc(-c5ccccc5)n4)cc3)c3c(c2c1)C1(c2ccccc2-c2ccccc21)c1ccccc1-3. The van der Waals surface area contributed by atoms with Crippen LogP contribution in [-0.2, 0) is 5.41 Å². The van der Waals surface area contributed by atoms with Crippen LogP contribution >= 0.6 is 0 Å². The van der Waals surface area contributed by atoms with E-state index in [1.165, 1.54) is 44.5 Å². The van der Waals surface area contributed by atoms with Gasteiger partial charge in [-0.15, -0.1) is 0 Å². The summed E-state index contributed by atoms with van der Waals surface area (Å²) in [6.07, 6.45) is 0. The molecule has 0 fully saturated rings. The van der Waals surface area contributed by atoms with Crippen LogP contribution in [0, 0.1) is 11.3 Å². The highest BCUT2D eigenvalue weighted by atomic mass is 15.0. The first-order chi connectivity index (χ1) is 27.2. The maximum absolute atomic E-state index is 10.1. The summed E-state index contributed by atoms with van der Waals surface area (Å²) in [6.45, 7) is 0. The van der Waals surface area contributed by atoms with Crippen molar-refractivity contribution < 1.29 is 0 Å². The lowest BCUT2D eigenvalue weighted by Crippen LogP contribution is -2.26. The molecule has 2 aliphatic rings. The maximum atomic E-state index is 10.1. The summed E-state index contributed by atoms with van der Waals surface area (Å²) >= 11 is 0. The largest absolute Gasteiger partial charge is 0.208 e. The molecule has 0 atom stereocenters. The average molecular weight is 699 g/mol. The lowest BCUT2D eigenvalue weighted by molar-refractivity contribution is 0.801. The van der Waals surface area contributed by atoms with Gasteiger partial charge in [0.2, 0.25) is 0 Å². The number of nitriles is 1. The fourth-order valence-electron chi connectivity index (χ4n) is 9.06. The monoisotopic (exact) mass is 698 g/mol. The summed E-state index contributed by atoms with van der Waals surface area (Å²) in [5.41, 5.74) is 15.1. The third-order valence-corrected chi connectivity index (χ3v) is 11.4. The second kappa shape index (κ2) is 12.0. The molecule has 0 saturated carbocycles. The molecule has 0 saturated heterocycles. The molecule has 4 heteroatoms. The molecule has 254 valence electrons. The Hall–Kier alpha value is -7.48. The normalized spacial score (nSPS) is 12.9. The van der Waals surface area contributed by atoms with Crippen molar-refractivity contribution in [2.24, 2.45) is 0 Å². The number of hydrogen-bond acceptors (Lipinski definition) is 4. The number of rotatable bonds is 4. The zero-order chi connectivity index (χ0) is 36.5. The van der Waals surface area contributed by atoms with E-state index in [4.69, 9.17) is 15.0 Å². The minimum atomic E-state index is -0.548. The number of aromatic nitrogens is 3. The van der Waals surface area contributed by atoms with Crippen LogP contribution in [0.15, 0.2) is 182 Å². The van der Waals surface area contributed by atoms with Crippen molar-refractivity contribution in [3.05, 3.63) is 210 Å².